The Morgan fingerprint density at radius 1 is 1.25 bits per heavy atom. The van der Waals surface area contributed by atoms with Crippen molar-refractivity contribution in [1.29, 1.82) is 5.26 Å². The first-order valence-electron chi connectivity index (χ1n) is 5.72. The van der Waals surface area contributed by atoms with Gasteiger partial charge in [-0.2, -0.15) is 5.26 Å². The lowest BCUT2D eigenvalue weighted by Gasteiger charge is -2.11. The third kappa shape index (κ3) is 2.90. The Labute approximate surface area is 120 Å². The zero-order valence-electron chi connectivity index (χ0n) is 10.6. The first-order chi connectivity index (χ1) is 9.51. The van der Waals surface area contributed by atoms with E-state index in [-0.39, 0.29) is 11.3 Å². The lowest BCUT2D eigenvalue weighted by atomic mass is 10.1. The number of hydrogen-bond donors (Lipinski definition) is 1. The van der Waals surface area contributed by atoms with Crippen LogP contribution in [-0.4, -0.2) is 11.1 Å². The van der Waals surface area contributed by atoms with Crippen LogP contribution in [0.25, 0.3) is 0 Å². The highest BCUT2D eigenvalue weighted by atomic mass is 35.5. The first-order valence-corrected chi connectivity index (χ1v) is 6.10. The summed E-state index contributed by atoms with van der Waals surface area (Å²) < 4.78 is 5.61. The molecule has 0 atom stereocenters. The van der Waals surface area contributed by atoms with E-state index < -0.39 is 5.97 Å². The Hall–Kier alpha value is -2.51. The van der Waals surface area contributed by atoms with Gasteiger partial charge in [0.25, 0.3) is 0 Å². The van der Waals surface area contributed by atoms with Crippen molar-refractivity contribution in [3.8, 4) is 17.6 Å². The third-order valence-electron chi connectivity index (χ3n) is 2.71. The minimum absolute atomic E-state index is 0.0285. The van der Waals surface area contributed by atoms with Crippen LogP contribution >= 0.6 is 11.6 Å². The van der Waals surface area contributed by atoms with Gasteiger partial charge in [0, 0.05) is 5.02 Å². The van der Waals surface area contributed by atoms with E-state index in [2.05, 4.69) is 0 Å². The highest BCUT2D eigenvalue weighted by molar-refractivity contribution is 6.31. The van der Waals surface area contributed by atoms with Crippen molar-refractivity contribution in [2.24, 2.45) is 0 Å². The molecule has 0 saturated carbocycles. The Balaban J connectivity index is 2.45. The monoisotopic (exact) mass is 287 g/mol. The van der Waals surface area contributed by atoms with Crippen LogP contribution in [0.2, 0.25) is 5.02 Å². The second-order valence-electron chi connectivity index (χ2n) is 4.14. The van der Waals surface area contributed by atoms with Gasteiger partial charge in [-0.3, -0.25) is 0 Å². The van der Waals surface area contributed by atoms with Gasteiger partial charge in [0.15, 0.2) is 0 Å². The molecule has 4 nitrogen and oxygen atoms in total. The Morgan fingerprint density at radius 2 is 2.00 bits per heavy atom. The molecule has 0 spiro atoms. The van der Waals surface area contributed by atoms with Crippen LogP contribution < -0.4 is 4.74 Å². The molecule has 0 saturated heterocycles. The molecule has 0 radical (unpaired) electrons. The van der Waals surface area contributed by atoms with Crippen molar-refractivity contribution >= 4 is 17.6 Å². The number of benzene rings is 2. The summed E-state index contributed by atoms with van der Waals surface area (Å²) in [6.07, 6.45) is 0. The van der Waals surface area contributed by atoms with Crippen molar-refractivity contribution in [1.82, 2.24) is 0 Å². The fourth-order valence-corrected chi connectivity index (χ4v) is 1.83. The van der Waals surface area contributed by atoms with Crippen molar-refractivity contribution in [3.05, 3.63) is 58.1 Å². The number of ether oxygens (including phenoxy) is 1. The van der Waals surface area contributed by atoms with Crippen LogP contribution in [0, 0.1) is 18.3 Å². The third-order valence-corrected chi connectivity index (χ3v) is 2.94. The molecular formula is C15H10ClNO3. The SMILES string of the molecule is Cc1ccc(C#N)cc1Oc1ccc(Cl)cc1C(=O)O. The molecule has 0 aromatic heterocycles. The number of carbonyl (C=O) groups is 1. The molecule has 0 amide bonds. The minimum Gasteiger partial charge on any atom is -0.478 e. The summed E-state index contributed by atoms with van der Waals surface area (Å²) in [6, 6.07) is 11.3. The van der Waals surface area contributed by atoms with Gasteiger partial charge in [-0.1, -0.05) is 17.7 Å². The van der Waals surface area contributed by atoms with Gasteiger partial charge < -0.3 is 9.84 Å². The van der Waals surface area contributed by atoms with Gasteiger partial charge in [-0.25, -0.2) is 4.79 Å². The second-order valence-corrected chi connectivity index (χ2v) is 4.58. The first kappa shape index (κ1) is 13.9. The van der Waals surface area contributed by atoms with Crippen LogP contribution in [-0.2, 0) is 0 Å². The standard InChI is InChI=1S/C15H10ClNO3/c1-9-2-3-10(8-17)6-14(9)20-13-5-4-11(16)7-12(13)15(18)19/h2-7H,1H3,(H,18,19). The summed E-state index contributed by atoms with van der Waals surface area (Å²) in [6.45, 7) is 1.81. The van der Waals surface area contributed by atoms with E-state index in [9.17, 15) is 4.79 Å². The van der Waals surface area contributed by atoms with Crippen molar-refractivity contribution < 1.29 is 14.6 Å². The minimum atomic E-state index is -1.13. The maximum atomic E-state index is 11.2. The molecule has 0 unspecified atom stereocenters. The number of halogens is 1. The maximum Gasteiger partial charge on any atom is 0.339 e. The summed E-state index contributed by atoms with van der Waals surface area (Å²) in [5.74, 6) is -0.509. The van der Waals surface area contributed by atoms with Gasteiger partial charge in [0.1, 0.15) is 17.1 Å². The van der Waals surface area contributed by atoms with Crippen LogP contribution in [0.5, 0.6) is 11.5 Å². The molecule has 0 fully saturated rings. The number of carboxylic acids is 1. The lowest BCUT2D eigenvalue weighted by molar-refractivity contribution is 0.0694. The normalized spacial score (nSPS) is 9.85. The van der Waals surface area contributed by atoms with Crippen molar-refractivity contribution in [2.75, 3.05) is 0 Å². The summed E-state index contributed by atoms with van der Waals surface area (Å²) in [4.78, 5) is 11.2. The second kappa shape index (κ2) is 5.64. The molecule has 2 rings (SSSR count). The number of rotatable bonds is 3. The number of nitrogens with zero attached hydrogens (tertiary/aromatic N) is 1. The molecule has 0 heterocycles. The molecular weight excluding hydrogens is 278 g/mol. The fourth-order valence-electron chi connectivity index (χ4n) is 1.66. The van der Waals surface area contributed by atoms with E-state index in [0.29, 0.717) is 16.3 Å². The summed E-state index contributed by atoms with van der Waals surface area (Å²) >= 11 is 5.78. The fraction of sp³-hybridized carbons (Fsp3) is 0.0667. The molecule has 5 heteroatoms. The van der Waals surface area contributed by atoms with Crippen LogP contribution in [0.4, 0.5) is 0 Å². The number of aromatic carboxylic acids is 1. The molecule has 1 N–H and O–H groups in total. The van der Waals surface area contributed by atoms with E-state index in [4.69, 9.17) is 26.7 Å². The Morgan fingerprint density at radius 3 is 2.65 bits per heavy atom. The van der Waals surface area contributed by atoms with Crippen LogP contribution in [0.15, 0.2) is 36.4 Å². The molecule has 0 aliphatic rings. The van der Waals surface area contributed by atoms with Crippen molar-refractivity contribution in [3.63, 3.8) is 0 Å². The van der Waals surface area contributed by atoms with Gasteiger partial charge in [0.2, 0.25) is 0 Å². The van der Waals surface area contributed by atoms with Crippen molar-refractivity contribution in [2.45, 2.75) is 6.92 Å². The Kier molecular flexibility index (Phi) is 3.92. The van der Waals surface area contributed by atoms with E-state index >= 15 is 0 Å². The maximum absolute atomic E-state index is 11.2. The quantitative estimate of drug-likeness (QED) is 0.926. The molecule has 2 aromatic carbocycles. The molecule has 0 bridgehead atoms. The number of carboxylic acid groups (broad SMARTS) is 1. The number of nitriles is 1. The van der Waals surface area contributed by atoms with Gasteiger partial charge in [0.05, 0.1) is 11.6 Å². The average molecular weight is 288 g/mol. The molecule has 0 aliphatic heterocycles. The zero-order chi connectivity index (χ0) is 14.7. The van der Waals surface area contributed by atoms with Gasteiger partial charge in [-0.05, 0) is 42.8 Å². The predicted molar refractivity (Wildman–Crippen MR) is 74.4 cm³/mol. The number of hydrogen-bond acceptors (Lipinski definition) is 3. The lowest BCUT2D eigenvalue weighted by Crippen LogP contribution is -2.00. The molecule has 2 aromatic rings. The van der Waals surface area contributed by atoms with E-state index in [1.807, 2.05) is 13.0 Å². The highest BCUT2D eigenvalue weighted by Crippen LogP contribution is 2.30. The van der Waals surface area contributed by atoms with E-state index in [1.165, 1.54) is 12.1 Å². The molecule has 100 valence electrons. The largest absolute Gasteiger partial charge is 0.478 e. The molecule has 20 heavy (non-hydrogen) atoms. The highest BCUT2D eigenvalue weighted by Gasteiger charge is 2.14. The summed E-state index contributed by atoms with van der Waals surface area (Å²) in [7, 11) is 0. The predicted octanol–water partition coefficient (Wildman–Crippen LogP) is 4.01. The Bertz CT molecular complexity index is 720. The summed E-state index contributed by atoms with van der Waals surface area (Å²) in [5.41, 5.74) is 1.21. The van der Waals surface area contributed by atoms with E-state index in [1.54, 1.807) is 24.3 Å². The van der Waals surface area contributed by atoms with E-state index in [0.717, 1.165) is 5.56 Å². The molecule has 0 aliphatic carbocycles. The zero-order valence-corrected chi connectivity index (χ0v) is 11.3. The van der Waals surface area contributed by atoms with Crippen LogP contribution in [0.1, 0.15) is 21.5 Å². The smallest absolute Gasteiger partial charge is 0.339 e. The average Bonchev–Trinajstić information content (AvgIpc) is 2.42. The topological polar surface area (TPSA) is 70.3 Å². The van der Waals surface area contributed by atoms with Crippen LogP contribution in [0.3, 0.4) is 0 Å². The van der Waals surface area contributed by atoms with Gasteiger partial charge in [-0.15, -0.1) is 0 Å². The van der Waals surface area contributed by atoms with Gasteiger partial charge >= 0.3 is 5.97 Å². The number of aryl methyl sites for hydroxylation is 1. The summed E-state index contributed by atoms with van der Waals surface area (Å²) in [5, 5.41) is 18.3.